The van der Waals surface area contributed by atoms with Crippen molar-refractivity contribution < 1.29 is 14.3 Å². The molecule has 0 radical (unpaired) electrons. The fraction of sp³-hybridized carbons (Fsp3) is 0.450. The zero-order chi connectivity index (χ0) is 21.8. The normalized spacial score (nSPS) is 14.1. The Labute approximate surface area is 189 Å². The number of nitrogens with zero attached hydrogens (tertiary/aromatic N) is 6. The molecular weight excluding hydrogens is 440 g/mol. The molecule has 1 aliphatic rings. The molecule has 4 rings (SSSR count). The molecule has 0 saturated carbocycles. The molecule has 11 heteroatoms. The summed E-state index contributed by atoms with van der Waals surface area (Å²) >= 11 is 7.86. The maximum absolute atomic E-state index is 11.7. The van der Waals surface area contributed by atoms with Gasteiger partial charge in [-0.3, -0.25) is 0 Å². The highest BCUT2D eigenvalue weighted by Crippen LogP contribution is 2.33. The van der Waals surface area contributed by atoms with Gasteiger partial charge in [-0.1, -0.05) is 0 Å². The lowest BCUT2D eigenvalue weighted by Crippen LogP contribution is -2.36. The molecule has 164 valence electrons. The minimum Gasteiger partial charge on any atom is -0.462 e. The fourth-order valence-electron chi connectivity index (χ4n) is 3.27. The topological polar surface area (TPSA) is 93.6 Å². The fourth-order valence-corrected chi connectivity index (χ4v) is 4.54. The third-order valence-electron chi connectivity index (χ3n) is 4.87. The van der Waals surface area contributed by atoms with Crippen LogP contribution in [0.15, 0.2) is 18.5 Å². The van der Waals surface area contributed by atoms with Gasteiger partial charge in [-0.25, -0.2) is 19.7 Å². The minimum atomic E-state index is -0.419. The standard InChI is InChI=1S/C20H23ClN6O3S/c1-3-30-18(28)13-11-22-20(23-12-13)26(2)5-4-14-10-15-16(31-14)17(25-19(21)24-15)27-6-8-29-9-7-27/h10-12H,3-9H2,1-2H3. The largest absolute Gasteiger partial charge is 0.462 e. The lowest BCUT2D eigenvalue weighted by atomic mass is 10.3. The van der Waals surface area contributed by atoms with Crippen LogP contribution in [0.2, 0.25) is 5.28 Å². The molecule has 4 heterocycles. The van der Waals surface area contributed by atoms with Crippen LogP contribution in [0.3, 0.4) is 0 Å². The second-order valence-corrected chi connectivity index (χ2v) is 8.48. The van der Waals surface area contributed by atoms with Crippen molar-refractivity contribution in [3.05, 3.63) is 34.2 Å². The number of morpholine rings is 1. The summed E-state index contributed by atoms with van der Waals surface area (Å²) < 4.78 is 11.5. The van der Waals surface area contributed by atoms with Crippen molar-refractivity contribution in [3.63, 3.8) is 0 Å². The Balaban J connectivity index is 1.45. The second kappa shape index (κ2) is 9.71. The Kier molecular flexibility index (Phi) is 6.79. The van der Waals surface area contributed by atoms with Gasteiger partial charge in [-0.05, 0) is 31.0 Å². The predicted molar refractivity (Wildman–Crippen MR) is 120 cm³/mol. The predicted octanol–water partition coefficient (Wildman–Crippen LogP) is 2.83. The SMILES string of the molecule is CCOC(=O)c1cnc(N(C)CCc2cc3nc(Cl)nc(N4CCOCC4)c3s2)nc1. The highest BCUT2D eigenvalue weighted by Gasteiger charge is 2.19. The maximum Gasteiger partial charge on any atom is 0.341 e. The van der Waals surface area contributed by atoms with Crippen LogP contribution >= 0.6 is 22.9 Å². The summed E-state index contributed by atoms with van der Waals surface area (Å²) in [4.78, 5) is 34.5. The van der Waals surface area contributed by atoms with Crippen molar-refractivity contribution in [2.75, 3.05) is 56.3 Å². The molecule has 0 unspecified atom stereocenters. The monoisotopic (exact) mass is 462 g/mol. The number of thiophene rings is 1. The molecule has 0 aromatic carbocycles. The molecule has 1 fully saturated rings. The number of hydrogen-bond acceptors (Lipinski definition) is 10. The zero-order valence-corrected chi connectivity index (χ0v) is 18.9. The third-order valence-corrected chi connectivity index (χ3v) is 6.22. The molecule has 31 heavy (non-hydrogen) atoms. The van der Waals surface area contributed by atoms with E-state index in [4.69, 9.17) is 21.1 Å². The van der Waals surface area contributed by atoms with Gasteiger partial charge in [-0.15, -0.1) is 11.3 Å². The molecule has 0 atom stereocenters. The number of hydrogen-bond donors (Lipinski definition) is 0. The first kappa shape index (κ1) is 21.7. The summed E-state index contributed by atoms with van der Waals surface area (Å²) in [6.07, 6.45) is 3.77. The van der Waals surface area contributed by atoms with E-state index in [1.165, 1.54) is 17.3 Å². The molecule has 0 spiro atoms. The van der Waals surface area contributed by atoms with E-state index >= 15 is 0 Å². The molecule has 9 nitrogen and oxygen atoms in total. The van der Waals surface area contributed by atoms with Gasteiger partial charge in [0.15, 0.2) is 5.82 Å². The minimum absolute atomic E-state index is 0.255. The van der Waals surface area contributed by atoms with Gasteiger partial charge in [0.05, 0.1) is 35.6 Å². The van der Waals surface area contributed by atoms with Crippen molar-refractivity contribution in [3.8, 4) is 0 Å². The number of ether oxygens (including phenoxy) is 2. The van der Waals surface area contributed by atoms with Gasteiger partial charge >= 0.3 is 5.97 Å². The maximum atomic E-state index is 11.7. The molecule has 0 N–H and O–H groups in total. The van der Waals surface area contributed by atoms with Crippen LogP contribution in [-0.2, 0) is 15.9 Å². The van der Waals surface area contributed by atoms with Crippen LogP contribution in [0.5, 0.6) is 0 Å². The molecular formula is C20H23ClN6O3S. The van der Waals surface area contributed by atoms with Gasteiger partial charge in [-0.2, -0.15) is 4.98 Å². The molecule has 1 saturated heterocycles. The van der Waals surface area contributed by atoms with E-state index < -0.39 is 5.97 Å². The van der Waals surface area contributed by atoms with E-state index in [1.807, 2.05) is 11.9 Å². The van der Waals surface area contributed by atoms with Gasteiger partial charge in [0, 0.05) is 44.0 Å². The van der Waals surface area contributed by atoms with Crippen molar-refractivity contribution >= 4 is 50.9 Å². The van der Waals surface area contributed by atoms with Crippen LogP contribution in [0.25, 0.3) is 10.2 Å². The molecule has 3 aromatic rings. The summed E-state index contributed by atoms with van der Waals surface area (Å²) in [6, 6.07) is 2.07. The van der Waals surface area contributed by atoms with Gasteiger partial charge < -0.3 is 19.3 Å². The number of carbonyl (C=O) groups is 1. The average molecular weight is 463 g/mol. The van der Waals surface area contributed by atoms with Crippen molar-refractivity contribution in [1.29, 1.82) is 0 Å². The third kappa shape index (κ3) is 5.03. The Bertz CT molecular complexity index is 1050. The van der Waals surface area contributed by atoms with Crippen molar-refractivity contribution in [2.24, 2.45) is 0 Å². The number of aromatic nitrogens is 4. The number of anilines is 2. The number of fused-ring (bicyclic) bond motifs is 1. The first-order chi connectivity index (χ1) is 15.0. The van der Waals surface area contributed by atoms with Gasteiger partial charge in [0.2, 0.25) is 11.2 Å². The lowest BCUT2D eigenvalue weighted by Gasteiger charge is -2.28. The number of carbonyl (C=O) groups excluding carboxylic acids is 1. The van der Waals surface area contributed by atoms with Crippen LogP contribution in [-0.4, -0.2) is 72.4 Å². The quantitative estimate of drug-likeness (QED) is 0.388. The summed E-state index contributed by atoms with van der Waals surface area (Å²) in [5.41, 5.74) is 1.20. The molecule has 0 amide bonds. The Morgan fingerprint density at radius 1 is 1.29 bits per heavy atom. The molecule has 0 bridgehead atoms. The van der Waals surface area contributed by atoms with Crippen molar-refractivity contribution in [1.82, 2.24) is 19.9 Å². The summed E-state index contributed by atoms with van der Waals surface area (Å²) in [5.74, 6) is 1.00. The van der Waals surface area contributed by atoms with Gasteiger partial charge in [0.25, 0.3) is 0 Å². The number of rotatable bonds is 7. The highest BCUT2D eigenvalue weighted by atomic mass is 35.5. The van der Waals surface area contributed by atoms with E-state index in [2.05, 4.69) is 30.9 Å². The smallest absolute Gasteiger partial charge is 0.341 e. The molecule has 0 aliphatic carbocycles. The lowest BCUT2D eigenvalue weighted by molar-refractivity contribution is 0.0525. The van der Waals surface area contributed by atoms with Crippen LogP contribution in [0.4, 0.5) is 11.8 Å². The van der Waals surface area contributed by atoms with Crippen LogP contribution < -0.4 is 9.80 Å². The molecule has 3 aromatic heterocycles. The highest BCUT2D eigenvalue weighted by molar-refractivity contribution is 7.19. The van der Waals surface area contributed by atoms with E-state index in [0.29, 0.717) is 37.9 Å². The van der Waals surface area contributed by atoms with Gasteiger partial charge in [0.1, 0.15) is 0 Å². The second-order valence-electron chi connectivity index (χ2n) is 7.01. The van der Waals surface area contributed by atoms with E-state index in [-0.39, 0.29) is 5.28 Å². The first-order valence-electron chi connectivity index (χ1n) is 10.0. The number of likely N-dealkylation sites (N-methyl/N-ethyl adjacent to an activating group) is 1. The average Bonchev–Trinajstić information content (AvgIpc) is 3.20. The first-order valence-corrected chi connectivity index (χ1v) is 11.2. The number of halogens is 1. The van der Waals surface area contributed by atoms with E-state index in [9.17, 15) is 4.79 Å². The Morgan fingerprint density at radius 2 is 2.03 bits per heavy atom. The summed E-state index contributed by atoms with van der Waals surface area (Å²) in [5, 5.41) is 0.255. The summed E-state index contributed by atoms with van der Waals surface area (Å²) in [7, 11) is 1.92. The zero-order valence-electron chi connectivity index (χ0n) is 17.4. The molecule has 1 aliphatic heterocycles. The van der Waals surface area contributed by atoms with Crippen LogP contribution in [0, 0.1) is 0 Å². The van der Waals surface area contributed by atoms with Crippen molar-refractivity contribution in [2.45, 2.75) is 13.3 Å². The van der Waals surface area contributed by atoms with E-state index in [1.54, 1.807) is 18.3 Å². The Hall–Kier alpha value is -2.56. The summed E-state index contributed by atoms with van der Waals surface area (Å²) in [6.45, 7) is 5.73. The van der Waals surface area contributed by atoms with Crippen LogP contribution in [0.1, 0.15) is 22.2 Å². The van der Waals surface area contributed by atoms with E-state index in [0.717, 1.165) is 35.5 Å². The Morgan fingerprint density at radius 3 is 2.74 bits per heavy atom. The number of esters is 1.